The average molecular weight is 255 g/mol. The van der Waals surface area contributed by atoms with Crippen LogP contribution in [0.5, 0.6) is 0 Å². The van der Waals surface area contributed by atoms with Crippen molar-refractivity contribution in [1.29, 1.82) is 0 Å². The van der Waals surface area contributed by atoms with E-state index in [0.29, 0.717) is 12.3 Å². The summed E-state index contributed by atoms with van der Waals surface area (Å²) in [7, 11) is -4.05. The Morgan fingerprint density at radius 1 is 1.27 bits per heavy atom. The molecule has 1 atom stereocenters. The Morgan fingerprint density at radius 3 is 2.20 bits per heavy atom. The van der Waals surface area contributed by atoms with Gasteiger partial charge in [-0.05, 0) is 18.4 Å². The summed E-state index contributed by atoms with van der Waals surface area (Å²) in [6.07, 6.45) is 1.92. The second-order valence-electron chi connectivity index (χ2n) is 4.60. The van der Waals surface area contributed by atoms with Gasteiger partial charge < -0.3 is 5.73 Å². The molecule has 0 bridgehead atoms. The third-order valence-electron chi connectivity index (χ3n) is 2.24. The molecule has 0 aromatic carbocycles. The van der Waals surface area contributed by atoms with E-state index in [4.69, 9.17) is 5.73 Å². The summed E-state index contributed by atoms with van der Waals surface area (Å²) in [4.78, 5) is 0. The molecule has 4 nitrogen and oxygen atoms in total. The lowest BCUT2D eigenvalue weighted by atomic mass is 9.91. The highest BCUT2D eigenvalue weighted by molar-refractivity contribution is 7.92. The van der Waals surface area contributed by atoms with Gasteiger partial charge in [-0.15, -0.1) is 0 Å². The zero-order chi connectivity index (χ0) is 12.1. The Labute approximate surface area is 95.0 Å². The normalized spacial score (nSPS) is 15.2. The molecule has 2 N–H and O–H groups in total. The molecular formula is C9H21NO3S2. The number of hydrogen-bond donors (Lipinski definition) is 1. The first kappa shape index (κ1) is 15.1. The van der Waals surface area contributed by atoms with Gasteiger partial charge in [-0.2, -0.15) is 0 Å². The van der Waals surface area contributed by atoms with Gasteiger partial charge in [-0.3, -0.25) is 4.21 Å². The van der Waals surface area contributed by atoms with Crippen LogP contribution in [0, 0.1) is 5.41 Å². The van der Waals surface area contributed by atoms with Crippen molar-refractivity contribution in [2.24, 2.45) is 11.1 Å². The van der Waals surface area contributed by atoms with Crippen LogP contribution in [0.1, 0.15) is 20.3 Å². The molecule has 0 amide bonds. The molecule has 0 aromatic heterocycles. The Morgan fingerprint density at radius 2 is 1.80 bits per heavy atom. The van der Waals surface area contributed by atoms with Gasteiger partial charge in [0.05, 0.1) is 5.75 Å². The highest BCUT2D eigenvalue weighted by Crippen LogP contribution is 2.18. The van der Waals surface area contributed by atoms with Crippen molar-refractivity contribution in [2.45, 2.75) is 20.3 Å². The quantitative estimate of drug-likeness (QED) is 0.703. The minimum absolute atomic E-state index is 0.00264. The highest BCUT2D eigenvalue weighted by atomic mass is 32.2. The van der Waals surface area contributed by atoms with Crippen molar-refractivity contribution in [1.82, 2.24) is 0 Å². The van der Waals surface area contributed by atoms with E-state index >= 15 is 0 Å². The molecule has 92 valence electrons. The number of rotatable bonds is 7. The summed E-state index contributed by atoms with van der Waals surface area (Å²) >= 11 is 0. The molecule has 0 aliphatic heterocycles. The third kappa shape index (κ3) is 9.02. The Kier molecular flexibility index (Phi) is 5.98. The Hall–Kier alpha value is 0.0600. The summed E-state index contributed by atoms with van der Waals surface area (Å²) in [5.74, 6) is 0.766. The van der Waals surface area contributed by atoms with Crippen LogP contribution in [0.3, 0.4) is 0 Å². The molecule has 6 heteroatoms. The van der Waals surface area contributed by atoms with Crippen molar-refractivity contribution >= 4 is 20.6 Å². The van der Waals surface area contributed by atoms with Gasteiger partial charge in [0, 0.05) is 28.6 Å². The maximum absolute atomic E-state index is 11.5. The third-order valence-corrected chi connectivity index (χ3v) is 4.76. The standard InChI is InChI=1S/C9H21NO3S2/c1-9(2,8-10)4-5-14(11)6-7-15(3,12)13/h4-8,10H2,1-3H3. The first-order valence-corrected chi connectivity index (χ1v) is 8.44. The van der Waals surface area contributed by atoms with E-state index in [0.717, 1.165) is 12.7 Å². The van der Waals surface area contributed by atoms with Crippen LogP contribution in [0.2, 0.25) is 0 Å². The molecule has 0 saturated heterocycles. The molecular weight excluding hydrogens is 234 g/mol. The van der Waals surface area contributed by atoms with Gasteiger partial charge in [0.1, 0.15) is 9.84 Å². The van der Waals surface area contributed by atoms with E-state index < -0.39 is 20.6 Å². The summed E-state index contributed by atoms with van der Waals surface area (Å²) in [6, 6.07) is 0. The van der Waals surface area contributed by atoms with Crippen LogP contribution in [0.25, 0.3) is 0 Å². The second kappa shape index (κ2) is 5.96. The van der Waals surface area contributed by atoms with Crippen molar-refractivity contribution in [3.05, 3.63) is 0 Å². The van der Waals surface area contributed by atoms with Crippen LogP contribution in [-0.4, -0.2) is 42.7 Å². The Balaban J connectivity index is 3.87. The molecule has 0 aliphatic carbocycles. The van der Waals surface area contributed by atoms with Crippen LogP contribution in [0.15, 0.2) is 0 Å². The topological polar surface area (TPSA) is 77.2 Å². The predicted molar refractivity (Wildman–Crippen MR) is 65.0 cm³/mol. The second-order valence-corrected chi connectivity index (χ2v) is 8.55. The van der Waals surface area contributed by atoms with E-state index in [9.17, 15) is 12.6 Å². The molecule has 0 saturated carbocycles. The summed E-state index contributed by atoms with van der Waals surface area (Å²) in [5.41, 5.74) is 5.53. The zero-order valence-corrected chi connectivity index (χ0v) is 11.3. The maximum Gasteiger partial charge on any atom is 0.148 e. The van der Waals surface area contributed by atoms with Gasteiger partial charge in [-0.1, -0.05) is 13.8 Å². The summed E-state index contributed by atoms with van der Waals surface area (Å²) in [6.45, 7) is 4.58. The monoisotopic (exact) mass is 255 g/mol. The fraction of sp³-hybridized carbons (Fsp3) is 1.00. The highest BCUT2D eigenvalue weighted by Gasteiger charge is 2.17. The lowest BCUT2D eigenvalue weighted by Gasteiger charge is -2.21. The molecule has 0 radical (unpaired) electrons. The molecule has 1 unspecified atom stereocenters. The number of sulfone groups is 1. The molecule has 15 heavy (non-hydrogen) atoms. The van der Waals surface area contributed by atoms with Crippen molar-refractivity contribution in [2.75, 3.05) is 30.1 Å². The SMILES string of the molecule is CC(C)(CN)CCS(=O)CCS(C)(=O)=O. The number of nitrogens with two attached hydrogens (primary N) is 1. The molecule has 0 rings (SSSR count). The van der Waals surface area contributed by atoms with Crippen molar-refractivity contribution in [3.8, 4) is 0 Å². The van der Waals surface area contributed by atoms with Crippen LogP contribution < -0.4 is 5.73 Å². The smallest absolute Gasteiger partial charge is 0.148 e. The first-order chi connectivity index (χ1) is 6.66. The lowest BCUT2D eigenvalue weighted by molar-refractivity contribution is 0.367. The van der Waals surface area contributed by atoms with E-state index in [1.54, 1.807) is 0 Å². The van der Waals surface area contributed by atoms with E-state index in [1.807, 2.05) is 13.8 Å². The largest absolute Gasteiger partial charge is 0.330 e. The van der Waals surface area contributed by atoms with Gasteiger partial charge in [0.2, 0.25) is 0 Å². The molecule has 0 heterocycles. The summed E-state index contributed by atoms with van der Waals surface area (Å²) in [5, 5.41) is 0. The predicted octanol–water partition coefficient (Wildman–Crippen LogP) is 0.155. The lowest BCUT2D eigenvalue weighted by Crippen LogP contribution is -2.26. The minimum atomic E-state index is -3.00. The average Bonchev–Trinajstić information content (AvgIpc) is 2.10. The van der Waals surface area contributed by atoms with Crippen LogP contribution >= 0.6 is 0 Å². The van der Waals surface area contributed by atoms with Crippen LogP contribution in [0.4, 0.5) is 0 Å². The summed E-state index contributed by atoms with van der Waals surface area (Å²) < 4.78 is 33.1. The molecule has 0 spiro atoms. The van der Waals surface area contributed by atoms with Crippen molar-refractivity contribution < 1.29 is 12.6 Å². The minimum Gasteiger partial charge on any atom is -0.330 e. The van der Waals surface area contributed by atoms with E-state index in [2.05, 4.69) is 0 Å². The first-order valence-electron chi connectivity index (χ1n) is 4.89. The van der Waals surface area contributed by atoms with Gasteiger partial charge in [-0.25, -0.2) is 8.42 Å². The van der Waals surface area contributed by atoms with Gasteiger partial charge in [0.15, 0.2) is 0 Å². The number of hydrogen-bond acceptors (Lipinski definition) is 4. The zero-order valence-electron chi connectivity index (χ0n) is 9.65. The van der Waals surface area contributed by atoms with E-state index in [-0.39, 0.29) is 16.9 Å². The van der Waals surface area contributed by atoms with Crippen molar-refractivity contribution in [3.63, 3.8) is 0 Å². The maximum atomic E-state index is 11.5. The van der Waals surface area contributed by atoms with Gasteiger partial charge in [0.25, 0.3) is 0 Å². The van der Waals surface area contributed by atoms with Crippen LogP contribution in [-0.2, 0) is 20.6 Å². The molecule has 0 aliphatic rings. The Bertz CT molecular complexity index is 309. The fourth-order valence-corrected chi connectivity index (χ4v) is 3.78. The van der Waals surface area contributed by atoms with Gasteiger partial charge >= 0.3 is 0 Å². The fourth-order valence-electron chi connectivity index (χ4n) is 0.839. The molecule has 0 aromatic rings. The molecule has 0 fully saturated rings. The van der Waals surface area contributed by atoms with E-state index in [1.165, 1.54) is 0 Å².